The van der Waals surface area contributed by atoms with Gasteiger partial charge in [-0.2, -0.15) is 4.31 Å². The number of nitrogens with one attached hydrogen (secondary N) is 1. The van der Waals surface area contributed by atoms with Crippen LogP contribution in [0.15, 0.2) is 47.4 Å². The van der Waals surface area contributed by atoms with E-state index in [0.29, 0.717) is 11.3 Å². The van der Waals surface area contributed by atoms with Crippen molar-refractivity contribution in [2.75, 3.05) is 32.1 Å². The molecule has 0 fully saturated rings. The average Bonchev–Trinajstić information content (AvgIpc) is 2.73. The van der Waals surface area contributed by atoms with Crippen LogP contribution in [0, 0.1) is 26.2 Å². The van der Waals surface area contributed by atoms with Crippen LogP contribution in [0.3, 0.4) is 0 Å². The van der Waals surface area contributed by atoms with Gasteiger partial charge in [0.05, 0.1) is 11.4 Å². The van der Waals surface area contributed by atoms with E-state index in [1.165, 1.54) is 25.1 Å². The summed E-state index contributed by atoms with van der Waals surface area (Å²) in [5.74, 6) is 1.53. The fourth-order valence-corrected chi connectivity index (χ4v) is 3.93. The first kappa shape index (κ1) is 23.1. The van der Waals surface area contributed by atoms with E-state index >= 15 is 0 Å². The maximum atomic E-state index is 13.0. The molecular weight excluding hydrogens is 402 g/mol. The highest BCUT2D eigenvalue weighted by molar-refractivity contribution is 7.89. The molecule has 2 aromatic rings. The van der Waals surface area contributed by atoms with Crippen LogP contribution < -0.4 is 10.2 Å². The maximum absolute atomic E-state index is 13.0. The summed E-state index contributed by atoms with van der Waals surface area (Å²) < 4.78 is 26.8. The van der Waals surface area contributed by atoms with Crippen molar-refractivity contribution in [3.05, 3.63) is 59.2 Å². The zero-order valence-electron chi connectivity index (χ0n) is 17.5. The molecule has 0 unspecified atom stereocenters. The highest BCUT2D eigenvalue weighted by atomic mass is 32.2. The SMILES string of the molecule is C#Cc1cccc(N(CC(=O)NC)C(=O)CN(C)S(=O)(=O)c2ccc(C)c(C)c2)c1. The average molecular weight is 428 g/mol. The van der Waals surface area contributed by atoms with Gasteiger partial charge in [-0.25, -0.2) is 8.42 Å². The lowest BCUT2D eigenvalue weighted by molar-refractivity contribution is -0.123. The largest absolute Gasteiger partial charge is 0.358 e. The second-order valence-corrected chi connectivity index (χ2v) is 8.90. The van der Waals surface area contributed by atoms with E-state index in [0.717, 1.165) is 15.4 Å². The van der Waals surface area contributed by atoms with E-state index in [2.05, 4.69) is 11.2 Å². The van der Waals surface area contributed by atoms with E-state index in [1.54, 1.807) is 36.4 Å². The minimum Gasteiger partial charge on any atom is -0.358 e. The van der Waals surface area contributed by atoms with Crippen LogP contribution in [-0.4, -0.2) is 51.7 Å². The van der Waals surface area contributed by atoms with Gasteiger partial charge in [-0.15, -0.1) is 6.42 Å². The molecule has 0 aliphatic carbocycles. The van der Waals surface area contributed by atoms with Gasteiger partial charge in [0.2, 0.25) is 21.8 Å². The van der Waals surface area contributed by atoms with Crippen molar-refractivity contribution in [1.29, 1.82) is 0 Å². The lowest BCUT2D eigenvalue weighted by Crippen LogP contribution is -2.45. The Bertz CT molecular complexity index is 1100. The fourth-order valence-electron chi connectivity index (χ4n) is 2.72. The maximum Gasteiger partial charge on any atom is 0.243 e. The standard InChI is InChI=1S/C22H25N3O4S/c1-6-18-8-7-9-19(13-18)25(14-21(26)23-4)22(27)15-24(5)30(28,29)20-11-10-16(2)17(3)12-20/h1,7-13H,14-15H2,2-5H3,(H,23,26). The molecule has 0 heterocycles. The number of nitrogens with zero attached hydrogens (tertiary/aromatic N) is 2. The van der Waals surface area contributed by atoms with Crippen molar-refractivity contribution < 1.29 is 18.0 Å². The van der Waals surface area contributed by atoms with Gasteiger partial charge < -0.3 is 10.2 Å². The summed E-state index contributed by atoms with van der Waals surface area (Å²) in [6.45, 7) is 3.01. The number of hydrogen-bond acceptors (Lipinski definition) is 4. The highest BCUT2D eigenvalue weighted by Crippen LogP contribution is 2.20. The molecule has 0 saturated carbocycles. The predicted octanol–water partition coefficient (Wildman–Crippen LogP) is 1.68. The monoisotopic (exact) mass is 427 g/mol. The topological polar surface area (TPSA) is 86.8 Å². The number of terminal acetylenes is 1. The zero-order chi connectivity index (χ0) is 22.5. The summed E-state index contributed by atoms with van der Waals surface area (Å²) in [6.07, 6.45) is 5.43. The van der Waals surface area contributed by atoms with Crippen molar-refractivity contribution in [3.8, 4) is 12.3 Å². The number of benzene rings is 2. The van der Waals surface area contributed by atoms with Gasteiger partial charge in [-0.05, 0) is 55.3 Å². The van der Waals surface area contributed by atoms with Crippen molar-refractivity contribution in [1.82, 2.24) is 9.62 Å². The van der Waals surface area contributed by atoms with Crippen molar-refractivity contribution >= 4 is 27.5 Å². The molecule has 0 atom stereocenters. The zero-order valence-corrected chi connectivity index (χ0v) is 18.3. The summed E-state index contributed by atoms with van der Waals surface area (Å²) in [5, 5.41) is 2.46. The number of anilines is 1. The third-order valence-electron chi connectivity index (χ3n) is 4.75. The van der Waals surface area contributed by atoms with E-state index in [-0.39, 0.29) is 11.4 Å². The molecule has 7 nitrogen and oxygen atoms in total. The number of carbonyl (C=O) groups excluding carboxylic acids is 2. The molecule has 0 aliphatic heterocycles. The van der Waals surface area contributed by atoms with Crippen molar-refractivity contribution in [2.24, 2.45) is 0 Å². The molecule has 0 radical (unpaired) electrons. The van der Waals surface area contributed by atoms with Crippen LogP contribution in [0.25, 0.3) is 0 Å². The van der Waals surface area contributed by atoms with E-state index in [4.69, 9.17) is 6.42 Å². The summed E-state index contributed by atoms with van der Waals surface area (Å²) in [4.78, 5) is 26.3. The first-order chi connectivity index (χ1) is 14.1. The molecule has 0 aliphatic rings. The minimum absolute atomic E-state index is 0.105. The third kappa shape index (κ3) is 5.26. The molecule has 2 rings (SSSR count). The van der Waals surface area contributed by atoms with Crippen LogP contribution in [0.4, 0.5) is 5.69 Å². The molecule has 0 aromatic heterocycles. The summed E-state index contributed by atoms with van der Waals surface area (Å²) >= 11 is 0. The Hall–Kier alpha value is -3.15. The van der Waals surface area contributed by atoms with Crippen LogP contribution >= 0.6 is 0 Å². The Balaban J connectivity index is 2.32. The highest BCUT2D eigenvalue weighted by Gasteiger charge is 2.27. The van der Waals surface area contributed by atoms with Crippen molar-refractivity contribution in [3.63, 3.8) is 0 Å². The number of carbonyl (C=O) groups is 2. The number of sulfonamides is 1. The Morgan fingerprint density at radius 1 is 1.07 bits per heavy atom. The van der Waals surface area contributed by atoms with Crippen LogP contribution in [0.2, 0.25) is 0 Å². The fraction of sp³-hybridized carbons (Fsp3) is 0.273. The lowest BCUT2D eigenvalue weighted by atomic mass is 10.1. The number of likely N-dealkylation sites (N-methyl/N-ethyl adjacent to an activating group) is 2. The lowest BCUT2D eigenvalue weighted by Gasteiger charge is -2.25. The number of aryl methyl sites for hydroxylation is 2. The van der Waals surface area contributed by atoms with Crippen molar-refractivity contribution in [2.45, 2.75) is 18.7 Å². The van der Waals surface area contributed by atoms with Crippen LogP contribution in [0.1, 0.15) is 16.7 Å². The first-order valence-electron chi connectivity index (χ1n) is 9.21. The van der Waals surface area contributed by atoms with Gasteiger partial charge in [-0.3, -0.25) is 9.59 Å². The summed E-state index contributed by atoms with van der Waals surface area (Å²) in [6, 6.07) is 11.4. The van der Waals surface area contributed by atoms with E-state index < -0.39 is 28.4 Å². The van der Waals surface area contributed by atoms with Gasteiger partial charge in [0.25, 0.3) is 0 Å². The summed E-state index contributed by atoms with van der Waals surface area (Å²) in [5.41, 5.74) is 2.76. The molecule has 1 N–H and O–H groups in total. The molecule has 158 valence electrons. The Kier molecular flexibility index (Phi) is 7.38. The molecule has 0 saturated heterocycles. The molecule has 2 amide bonds. The second-order valence-electron chi connectivity index (χ2n) is 6.85. The number of rotatable bonds is 7. The Morgan fingerprint density at radius 3 is 2.37 bits per heavy atom. The second kappa shape index (κ2) is 9.57. The molecule has 0 spiro atoms. The normalized spacial score (nSPS) is 11.1. The van der Waals surface area contributed by atoms with Crippen LogP contribution in [-0.2, 0) is 19.6 Å². The quantitative estimate of drug-likeness (QED) is 0.682. The first-order valence-corrected chi connectivity index (χ1v) is 10.7. The van der Waals surface area contributed by atoms with Gasteiger partial charge in [0.1, 0.15) is 6.54 Å². The molecule has 0 bridgehead atoms. The third-order valence-corrected chi connectivity index (χ3v) is 6.55. The molecule has 8 heteroatoms. The Morgan fingerprint density at radius 2 is 1.77 bits per heavy atom. The number of amides is 2. The predicted molar refractivity (Wildman–Crippen MR) is 117 cm³/mol. The molecular formula is C22H25N3O4S. The number of hydrogen-bond donors (Lipinski definition) is 1. The molecule has 30 heavy (non-hydrogen) atoms. The van der Waals surface area contributed by atoms with Gasteiger partial charge >= 0.3 is 0 Å². The van der Waals surface area contributed by atoms with Gasteiger partial charge in [0.15, 0.2) is 0 Å². The Labute approximate surface area is 177 Å². The molecule has 2 aromatic carbocycles. The summed E-state index contributed by atoms with van der Waals surface area (Å²) in [7, 11) is -1.09. The van der Waals surface area contributed by atoms with Gasteiger partial charge in [0, 0.05) is 25.3 Å². The van der Waals surface area contributed by atoms with E-state index in [1.807, 2.05) is 13.8 Å². The van der Waals surface area contributed by atoms with Crippen LogP contribution in [0.5, 0.6) is 0 Å². The minimum atomic E-state index is -3.88. The smallest absolute Gasteiger partial charge is 0.243 e. The van der Waals surface area contributed by atoms with Gasteiger partial charge in [-0.1, -0.05) is 18.1 Å². The van der Waals surface area contributed by atoms with E-state index in [9.17, 15) is 18.0 Å².